The van der Waals surface area contributed by atoms with Gasteiger partial charge in [0.05, 0.1) is 0 Å². The summed E-state index contributed by atoms with van der Waals surface area (Å²) in [7, 11) is 0. The first-order chi connectivity index (χ1) is 7.97. The van der Waals surface area contributed by atoms with Gasteiger partial charge in [-0.1, -0.05) is 6.07 Å². The maximum atomic E-state index is 11.2. The molecule has 1 aromatic carbocycles. The molecule has 1 aromatic rings. The van der Waals surface area contributed by atoms with Gasteiger partial charge in [0.15, 0.2) is 0 Å². The number of carboxylic acid groups (broad SMARTS) is 1. The van der Waals surface area contributed by atoms with Gasteiger partial charge in [-0.25, -0.2) is 4.79 Å². The highest BCUT2D eigenvalue weighted by atomic mass is 16.4. The summed E-state index contributed by atoms with van der Waals surface area (Å²) in [4.78, 5) is 32.0. The van der Waals surface area contributed by atoms with Crippen LogP contribution in [0.4, 0.5) is 16.2 Å². The quantitative estimate of drug-likeness (QED) is 0.572. The zero-order chi connectivity index (χ0) is 12.8. The van der Waals surface area contributed by atoms with Crippen molar-refractivity contribution in [1.82, 2.24) is 0 Å². The minimum atomic E-state index is -1.21. The largest absolute Gasteiger partial charge is 0.481 e. The van der Waals surface area contributed by atoms with E-state index < -0.39 is 24.3 Å². The lowest BCUT2D eigenvalue weighted by atomic mass is 10.2. The topological polar surface area (TPSA) is 122 Å². The predicted octanol–water partition coefficient (Wildman–Crippen LogP) is 0.590. The van der Waals surface area contributed by atoms with Crippen molar-refractivity contribution in [2.75, 3.05) is 10.6 Å². The Balaban J connectivity index is 2.68. The van der Waals surface area contributed by atoms with Gasteiger partial charge in [0, 0.05) is 11.4 Å². The van der Waals surface area contributed by atoms with Crippen molar-refractivity contribution in [3.63, 3.8) is 0 Å². The molecule has 90 valence electrons. The van der Waals surface area contributed by atoms with E-state index in [1.165, 1.54) is 6.07 Å². The zero-order valence-corrected chi connectivity index (χ0v) is 8.77. The van der Waals surface area contributed by atoms with E-state index in [2.05, 4.69) is 10.6 Å². The van der Waals surface area contributed by atoms with Gasteiger partial charge in [-0.15, -0.1) is 0 Å². The number of anilines is 2. The summed E-state index contributed by atoms with van der Waals surface area (Å²) in [5.74, 6) is -1.86. The van der Waals surface area contributed by atoms with E-state index in [4.69, 9.17) is 10.8 Å². The molecule has 0 saturated heterocycles. The van der Waals surface area contributed by atoms with Gasteiger partial charge < -0.3 is 21.5 Å². The lowest BCUT2D eigenvalue weighted by molar-refractivity contribution is -0.139. The Bertz CT molecular complexity index is 459. The van der Waals surface area contributed by atoms with Gasteiger partial charge in [-0.05, 0) is 18.2 Å². The number of carboxylic acids is 1. The Kier molecular flexibility index (Phi) is 4.04. The summed E-state index contributed by atoms with van der Waals surface area (Å²) in [6.07, 6.45) is -0.618. The summed E-state index contributed by atoms with van der Waals surface area (Å²) in [5.41, 5.74) is 5.71. The second-order valence-corrected chi connectivity index (χ2v) is 3.19. The van der Waals surface area contributed by atoms with Crippen LogP contribution in [0.15, 0.2) is 24.3 Å². The SMILES string of the molecule is NC(=O)Nc1cccc(NC(=O)CC(=O)O)c1. The number of benzene rings is 1. The van der Waals surface area contributed by atoms with Crippen molar-refractivity contribution in [2.45, 2.75) is 6.42 Å². The third-order valence-electron chi connectivity index (χ3n) is 1.73. The van der Waals surface area contributed by atoms with Gasteiger partial charge in [0.25, 0.3) is 0 Å². The molecule has 0 radical (unpaired) electrons. The maximum absolute atomic E-state index is 11.2. The third kappa shape index (κ3) is 4.65. The van der Waals surface area contributed by atoms with Gasteiger partial charge in [0.2, 0.25) is 5.91 Å². The number of nitrogens with one attached hydrogen (secondary N) is 2. The molecule has 0 aliphatic rings. The molecule has 17 heavy (non-hydrogen) atoms. The average molecular weight is 237 g/mol. The number of urea groups is 1. The van der Waals surface area contributed by atoms with Crippen LogP contribution in [0.3, 0.4) is 0 Å². The average Bonchev–Trinajstić information content (AvgIpc) is 2.14. The number of aliphatic carboxylic acids is 1. The molecule has 0 atom stereocenters. The highest BCUT2D eigenvalue weighted by molar-refractivity contribution is 6.01. The Hall–Kier alpha value is -2.57. The molecular formula is C10H11N3O4. The molecule has 0 aliphatic carbocycles. The molecular weight excluding hydrogens is 226 g/mol. The normalized spacial score (nSPS) is 9.41. The van der Waals surface area contributed by atoms with E-state index in [0.717, 1.165) is 0 Å². The minimum Gasteiger partial charge on any atom is -0.481 e. The van der Waals surface area contributed by atoms with E-state index in [9.17, 15) is 14.4 Å². The van der Waals surface area contributed by atoms with Crippen LogP contribution in [-0.4, -0.2) is 23.0 Å². The second-order valence-electron chi connectivity index (χ2n) is 3.19. The summed E-state index contributed by atoms with van der Waals surface area (Å²) in [6, 6.07) is 5.47. The van der Waals surface area contributed by atoms with Gasteiger partial charge >= 0.3 is 12.0 Å². The number of primary amides is 1. The summed E-state index contributed by atoms with van der Waals surface area (Å²) >= 11 is 0. The van der Waals surface area contributed by atoms with Crippen LogP contribution in [-0.2, 0) is 9.59 Å². The summed E-state index contributed by atoms with van der Waals surface area (Å²) < 4.78 is 0. The summed E-state index contributed by atoms with van der Waals surface area (Å²) in [6.45, 7) is 0. The Morgan fingerprint density at radius 1 is 1.18 bits per heavy atom. The van der Waals surface area contributed by atoms with Crippen LogP contribution in [0.25, 0.3) is 0 Å². The first-order valence-corrected chi connectivity index (χ1v) is 4.65. The molecule has 0 bridgehead atoms. The van der Waals surface area contributed by atoms with Crippen LogP contribution >= 0.6 is 0 Å². The minimum absolute atomic E-state index is 0.377. The first-order valence-electron chi connectivity index (χ1n) is 4.65. The van der Waals surface area contributed by atoms with Gasteiger partial charge in [-0.2, -0.15) is 0 Å². The second kappa shape index (κ2) is 5.50. The van der Waals surface area contributed by atoms with Crippen LogP contribution in [0.5, 0.6) is 0 Å². The molecule has 1 rings (SSSR count). The van der Waals surface area contributed by atoms with Crippen molar-refractivity contribution in [3.8, 4) is 0 Å². The Morgan fingerprint density at radius 3 is 2.29 bits per heavy atom. The fourth-order valence-corrected chi connectivity index (χ4v) is 1.16. The van der Waals surface area contributed by atoms with E-state index in [-0.39, 0.29) is 0 Å². The zero-order valence-electron chi connectivity index (χ0n) is 8.77. The number of amides is 3. The van der Waals surface area contributed by atoms with Crippen molar-refractivity contribution in [2.24, 2.45) is 5.73 Å². The van der Waals surface area contributed by atoms with Crippen molar-refractivity contribution in [1.29, 1.82) is 0 Å². The number of hydrogen-bond donors (Lipinski definition) is 4. The number of hydrogen-bond acceptors (Lipinski definition) is 3. The van der Waals surface area contributed by atoms with Crippen molar-refractivity contribution < 1.29 is 19.5 Å². The lowest BCUT2D eigenvalue weighted by Gasteiger charge is -2.06. The van der Waals surface area contributed by atoms with Crippen LogP contribution in [0.2, 0.25) is 0 Å². The van der Waals surface area contributed by atoms with Crippen LogP contribution in [0, 0.1) is 0 Å². The fraction of sp³-hybridized carbons (Fsp3) is 0.100. The third-order valence-corrected chi connectivity index (χ3v) is 1.73. The summed E-state index contributed by atoms with van der Waals surface area (Å²) in [5, 5.41) is 13.1. The van der Waals surface area contributed by atoms with E-state index in [1.54, 1.807) is 18.2 Å². The van der Waals surface area contributed by atoms with Crippen LogP contribution < -0.4 is 16.4 Å². The first kappa shape index (κ1) is 12.5. The smallest absolute Gasteiger partial charge is 0.316 e. The monoisotopic (exact) mass is 237 g/mol. The van der Waals surface area contributed by atoms with Crippen LogP contribution in [0.1, 0.15) is 6.42 Å². The highest BCUT2D eigenvalue weighted by Gasteiger charge is 2.07. The van der Waals surface area contributed by atoms with Crippen molar-refractivity contribution in [3.05, 3.63) is 24.3 Å². The molecule has 0 fully saturated rings. The standard InChI is InChI=1S/C10H11N3O4/c11-10(17)13-7-3-1-2-6(4-7)12-8(14)5-9(15)16/h1-4H,5H2,(H,12,14)(H,15,16)(H3,11,13,17). The van der Waals surface area contributed by atoms with E-state index in [1.807, 2.05) is 0 Å². The van der Waals surface area contributed by atoms with E-state index >= 15 is 0 Å². The molecule has 7 heteroatoms. The highest BCUT2D eigenvalue weighted by Crippen LogP contribution is 2.14. The molecule has 0 saturated carbocycles. The molecule has 0 aromatic heterocycles. The number of rotatable bonds is 4. The molecule has 7 nitrogen and oxygen atoms in total. The number of carbonyl (C=O) groups is 3. The molecule has 0 heterocycles. The Labute approximate surface area is 96.6 Å². The molecule has 3 amide bonds. The number of nitrogens with two attached hydrogens (primary N) is 1. The maximum Gasteiger partial charge on any atom is 0.316 e. The van der Waals surface area contributed by atoms with Crippen molar-refractivity contribution >= 4 is 29.3 Å². The lowest BCUT2D eigenvalue weighted by Crippen LogP contribution is -2.19. The Morgan fingerprint density at radius 2 is 1.76 bits per heavy atom. The van der Waals surface area contributed by atoms with Gasteiger partial charge in [0.1, 0.15) is 6.42 Å². The molecule has 5 N–H and O–H groups in total. The van der Waals surface area contributed by atoms with Gasteiger partial charge in [-0.3, -0.25) is 9.59 Å². The number of carbonyl (C=O) groups excluding carboxylic acids is 2. The molecule has 0 unspecified atom stereocenters. The van der Waals surface area contributed by atoms with E-state index in [0.29, 0.717) is 11.4 Å². The molecule has 0 spiro atoms. The predicted molar refractivity (Wildman–Crippen MR) is 60.5 cm³/mol. The molecule has 0 aliphatic heterocycles. The fourth-order valence-electron chi connectivity index (χ4n) is 1.16.